The lowest BCUT2D eigenvalue weighted by Gasteiger charge is -2.33. The number of rotatable bonds is 4. The highest BCUT2D eigenvalue weighted by molar-refractivity contribution is 5.92. The number of aryl methyl sites for hydroxylation is 2. The number of carbonyl (C=O) groups excluding carboxylic acids is 1. The van der Waals surface area contributed by atoms with Crippen molar-refractivity contribution in [2.75, 3.05) is 38.2 Å². The quantitative estimate of drug-likeness (QED) is 0.860. The van der Waals surface area contributed by atoms with Crippen molar-refractivity contribution in [1.29, 1.82) is 0 Å². The van der Waals surface area contributed by atoms with Crippen LogP contribution in [0.4, 0.5) is 5.69 Å². The lowest BCUT2D eigenvalue weighted by molar-refractivity contribution is -0.120. The number of amides is 1. The summed E-state index contributed by atoms with van der Waals surface area (Å²) in [6.07, 6.45) is 0. The van der Waals surface area contributed by atoms with Gasteiger partial charge in [0.05, 0.1) is 32.4 Å². The number of ether oxygens (including phenoxy) is 1. The van der Waals surface area contributed by atoms with Gasteiger partial charge in [0.1, 0.15) is 0 Å². The van der Waals surface area contributed by atoms with Crippen LogP contribution in [-0.2, 0) is 9.53 Å². The third-order valence-corrected chi connectivity index (χ3v) is 3.70. The molecule has 0 saturated carbocycles. The number of hydrogen-bond donors (Lipinski definition) is 2. The molecule has 20 heavy (non-hydrogen) atoms. The molecule has 1 aliphatic rings. The molecular weight excluding hydrogens is 256 g/mol. The van der Waals surface area contributed by atoms with Crippen LogP contribution >= 0.6 is 0 Å². The van der Waals surface area contributed by atoms with Gasteiger partial charge < -0.3 is 15.2 Å². The molecule has 1 atom stereocenters. The summed E-state index contributed by atoms with van der Waals surface area (Å²) in [4.78, 5) is 14.0. The highest BCUT2D eigenvalue weighted by Gasteiger charge is 2.24. The van der Waals surface area contributed by atoms with Gasteiger partial charge in [-0.1, -0.05) is 6.07 Å². The minimum Gasteiger partial charge on any atom is -0.395 e. The van der Waals surface area contributed by atoms with E-state index < -0.39 is 0 Å². The zero-order valence-corrected chi connectivity index (χ0v) is 12.1. The van der Waals surface area contributed by atoms with Crippen molar-refractivity contribution in [2.24, 2.45) is 0 Å². The fourth-order valence-corrected chi connectivity index (χ4v) is 2.27. The average Bonchev–Trinajstić information content (AvgIpc) is 2.43. The van der Waals surface area contributed by atoms with Gasteiger partial charge >= 0.3 is 0 Å². The molecule has 1 unspecified atom stereocenters. The Balaban J connectivity index is 1.92. The van der Waals surface area contributed by atoms with Crippen LogP contribution in [0.5, 0.6) is 0 Å². The number of nitrogens with one attached hydrogen (secondary N) is 1. The summed E-state index contributed by atoms with van der Waals surface area (Å²) in [5, 5.41) is 12.2. The van der Waals surface area contributed by atoms with Gasteiger partial charge in [0.15, 0.2) is 0 Å². The van der Waals surface area contributed by atoms with Gasteiger partial charge in [0.2, 0.25) is 5.91 Å². The van der Waals surface area contributed by atoms with Crippen LogP contribution in [0.2, 0.25) is 0 Å². The second kappa shape index (κ2) is 6.83. The smallest absolute Gasteiger partial charge is 0.238 e. The number of hydrogen-bond acceptors (Lipinski definition) is 4. The van der Waals surface area contributed by atoms with Crippen LogP contribution in [0.1, 0.15) is 11.1 Å². The predicted octanol–water partition coefficient (Wildman–Crippen LogP) is 0.935. The van der Waals surface area contributed by atoms with Crippen LogP contribution in [0.25, 0.3) is 0 Å². The van der Waals surface area contributed by atoms with Gasteiger partial charge in [-0.05, 0) is 37.1 Å². The second-order valence-corrected chi connectivity index (χ2v) is 5.23. The van der Waals surface area contributed by atoms with Gasteiger partial charge in [-0.3, -0.25) is 9.69 Å². The molecule has 1 aliphatic heterocycles. The number of anilines is 1. The maximum atomic E-state index is 12.1. The molecular formula is C15H22N2O3. The molecule has 2 N–H and O–H groups in total. The van der Waals surface area contributed by atoms with Gasteiger partial charge in [-0.2, -0.15) is 0 Å². The van der Waals surface area contributed by atoms with Crippen molar-refractivity contribution >= 4 is 11.6 Å². The standard InChI is InChI=1S/C15H22N2O3/c1-11-3-4-13(7-12(11)2)16-15(19)8-17-5-6-20-10-14(17)9-18/h3-4,7,14,18H,5-6,8-10H2,1-2H3,(H,16,19). The van der Waals surface area contributed by atoms with E-state index in [4.69, 9.17) is 4.74 Å². The fourth-order valence-electron chi connectivity index (χ4n) is 2.27. The topological polar surface area (TPSA) is 61.8 Å². The molecule has 1 heterocycles. The monoisotopic (exact) mass is 278 g/mol. The fraction of sp³-hybridized carbons (Fsp3) is 0.533. The Morgan fingerprint density at radius 1 is 1.45 bits per heavy atom. The van der Waals surface area contributed by atoms with Gasteiger partial charge in [0.25, 0.3) is 0 Å². The third-order valence-electron chi connectivity index (χ3n) is 3.70. The van der Waals surface area contributed by atoms with E-state index in [1.807, 2.05) is 36.9 Å². The first kappa shape index (κ1) is 15.0. The summed E-state index contributed by atoms with van der Waals surface area (Å²) in [5.41, 5.74) is 3.17. The predicted molar refractivity (Wildman–Crippen MR) is 77.8 cm³/mol. The number of aliphatic hydroxyl groups is 1. The first-order valence-electron chi connectivity index (χ1n) is 6.90. The Bertz CT molecular complexity index is 476. The van der Waals surface area contributed by atoms with Crippen LogP contribution < -0.4 is 5.32 Å². The van der Waals surface area contributed by atoms with E-state index in [1.54, 1.807) is 0 Å². The first-order chi connectivity index (χ1) is 9.60. The van der Waals surface area contributed by atoms with E-state index in [9.17, 15) is 9.90 Å². The molecule has 0 radical (unpaired) electrons. The Kier molecular flexibility index (Phi) is 5.11. The Hall–Kier alpha value is -1.43. The summed E-state index contributed by atoms with van der Waals surface area (Å²) in [5.74, 6) is -0.0615. The Morgan fingerprint density at radius 3 is 2.95 bits per heavy atom. The molecule has 1 amide bonds. The largest absolute Gasteiger partial charge is 0.395 e. The Labute approximate surface area is 119 Å². The molecule has 1 aromatic carbocycles. The van der Waals surface area contributed by atoms with Crippen molar-refractivity contribution in [3.63, 3.8) is 0 Å². The maximum Gasteiger partial charge on any atom is 0.238 e. The lowest BCUT2D eigenvalue weighted by Crippen LogP contribution is -2.50. The molecule has 1 fully saturated rings. The number of nitrogens with zero attached hydrogens (tertiary/aromatic N) is 1. The minimum absolute atomic E-state index is 0.0108. The molecule has 0 aromatic heterocycles. The average molecular weight is 278 g/mol. The maximum absolute atomic E-state index is 12.1. The van der Waals surface area contributed by atoms with E-state index in [0.717, 1.165) is 11.3 Å². The summed E-state index contributed by atoms with van der Waals surface area (Å²) in [7, 11) is 0. The Morgan fingerprint density at radius 2 is 2.25 bits per heavy atom. The number of benzene rings is 1. The van der Waals surface area contributed by atoms with E-state index in [-0.39, 0.29) is 25.1 Å². The molecule has 2 rings (SSSR count). The molecule has 5 heteroatoms. The summed E-state index contributed by atoms with van der Waals surface area (Å²) in [6.45, 7) is 6.11. The zero-order chi connectivity index (χ0) is 14.5. The SMILES string of the molecule is Cc1ccc(NC(=O)CN2CCOCC2CO)cc1C. The van der Waals surface area contributed by atoms with Gasteiger partial charge in [-0.15, -0.1) is 0 Å². The van der Waals surface area contributed by atoms with E-state index in [1.165, 1.54) is 5.56 Å². The van der Waals surface area contributed by atoms with E-state index >= 15 is 0 Å². The van der Waals surface area contributed by atoms with Crippen LogP contribution in [0.15, 0.2) is 18.2 Å². The third kappa shape index (κ3) is 3.79. The molecule has 0 bridgehead atoms. The van der Waals surface area contributed by atoms with Crippen molar-refractivity contribution in [3.05, 3.63) is 29.3 Å². The summed E-state index contributed by atoms with van der Waals surface area (Å²) in [6, 6.07) is 5.78. The van der Waals surface area contributed by atoms with Crippen LogP contribution in [0, 0.1) is 13.8 Å². The van der Waals surface area contributed by atoms with Crippen molar-refractivity contribution in [1.82, 2.24) is 4.90 Å². The van der Waals surface area contributed by atoms with E-state index in [0.29, 0.717) is 19.8 Å². The van der Waals surface area contributed by atoms with Crippen LogP contribution in [-0.4, -0.2) is 54.9 Å². The number of carbonyl (C=O) groups is 1. The molecule has 0 aliphatic carbocycles. The molecule has 1 aromatic rings. The molecule has 0 spiro atoms. The molecule has 5 nitrogen and oxygen atoms in total. The normalized spacial score (nSPS) is 19.9. The minimum atomic E-state index is -0.0887. The second-order valence-electron chi connectivity index (χ2n) is 5.23. The lowest BCUT2D eigenvalue weighted by atomic mass is 10.1. The molecule has 1 saturated heterocycles. The van der Waals surface area contributed by atoms with Crippen molar-refractivity contribution < 1.29 is 14.6 Å². The van der Waals surface area contributed by atoms with Gasteiger partial charge in [-0.25, -0.2) is 0 Å². The van der Waals surface area contributed by atoms with Crippen molar-refractivity contribution in [3.8, 4) is 0 Å². The van der Waals surface area contributed by atoms with Gasteiger partial charge in [0, 0.05) is 12.2 Å². The van der Waals surface area contributed by atoms with Crippen LogP contribution in [0.3, 0.4) is 0 Å². The number of morpholine rings is 1. The zero-order valence-electron chi connectivity index (χ0n) is 12.1. The highest BCUT2D eigenvalue weighted by Crippen LogP contribution is 2.14. The van der Waals surface area contributed by atoms with Crippen molar-refractivity contribution in [2.45, 2.75) is 19.9 Å². The summed E-state index contributed by atoms with van der Waals surface area (Å²) < 4.78 is 5.30. The highest BCUT2D eigenvalue weighted by atomic mass is 16.5. The number of aliphatic hydroxyl groups excluding tert-OH is 1. The first-order valence-corrected chi connectivity index (χ1v) is 6.90. The summed E-state index contributed by atoms with van der Waals surface area (Å²) >= 11 is 0. The van der Waals surface area contributed by atoms with E-state index in [2.05, 4.69) is 5.32 Å². The molecule has 110 valence electrons.